The first-order valence-electron chi connectivity index (χ1n) is 9.11. The lowest BCUT2D eigenvalue weighted by Gasteiger charge is -2.33. The minimum Gasteiger partial charge on any atom is -0.444 e. The summed E-state index contributed by atoms with van der Waals surface area (Å²) in [6.07, 6.45) is 8.14. The monoisotopic (exact) mass is 328 g/mol. The molecule has 0 radical (unpaired) electrons. The van der Waals surface area contributed by atoms with E-state index in [9.17, 15) is 4.79 Å². The summed E-state index contributed by atoms with van der Waals surface area (Å²) in [5.74, 6) is 0.509. The van der Waals surface area contributed by atoms with Crippen LogP contribution in [0.25, 0.3) is 0 Å². The number of hydrogen-bond acceptors (Lipinski definition) is 4. The molecule has 23 heavy (non-hydrogen) atoms. The second-order valence-electron chi connectivity index (χ2n) is 7.54. The van der Waals surface area contributed by atoms with Crippen molar-refractivity contribution in [3.05, 3.63) is 0 Å². The first kappa shape index (κ1) is 20.2. The highest BCUT2D eigenvalue weighted by atomic mass is 16.6. The average Bonchev–Trinajstić information content (AvgIpc) is 2.48. The van der Waals surface area contributed by atoms with Crippen molar-refractivity contribution in [2.75, 3.05) is 26.8 Å². The van der Waals surface area contributed by atoms with Crippen LogP contribution >= 0.6 is 0 Å². The summed E-state index contributed by atoms with van der Waals surface area (Å²) in [6.45, 7) is 8.28. The smallest absolute Gasteiger partial charge is 0.407 e. The largest absolute Gasteiger partial charge is 0.444 e. The number of unbranched alkanes of at least 4 members (excludes halogenated alkanes) is 2. The van der Waals surface area contributed by atoms with Gasteiger partial charge in [0.2, 0.25) is 0 Å². The standard InChI is InChI=1S/C18H36N2O3/c1-18(2,3)23-17(21)20-14-15-10-6-7-11-16(15)19-12-8-5-9-13-22-4/h15-16,19H,5-14H2,1-4H3,(H,20,21). The molecule has 1 aliphatic carbocycles. The minimum absolute atomic E-state index is 0.304. The third kappa shape index (κ3) is 9.82. The summed E-state index contributed by atoms with van der Waals surface area (Å²) in [6, 6.07) is 0.515. The molecule has 2 atom stereocenters. The van der Waals surface area contributed by atoms with E-state index in [4.69, 9.17) is 9.47 Å². The highest BCUT2D eigenvalue weighted by molar-refractivity contribution is 5.67. The van der Waals surface area contributed by atoms with E-state index in [1.807, 2.05) is 20.8 Å². The summed E-state index contributed by atoms with van der Waals surface area (Å²) in [5, 5.41) is 6.63. The maximum Gasteiger partial charge on any atom is 0.407 e. The number of ether oxygens (including phenoxy) is 2. The second kappa shape index (κ2) is 10.9. The Morgan fingerprint density at radius 3 is 2.57 bits per heavy atom. The molecule has 0 aromatic carbocycles. The number of hydrogen-bond donors (Lipinski definition) is 2. The molecule has 1 rings (SSSR count). The third-order valence-corrected chi connectivity index (χ3v) is 4.25. The van der Waals surface area contributed by atoms with Crippen molar-refractivity contribution >= 4 is 6.09 Å². The topological polar surface area (TPSA) is 59.6 Å². The van der Waals surface area contributed by atoms with Crippen molar-refractivity contribution in [1.29, 1.82) is 0 Å². The number of alkyl carbamates (subject to hydrolysis) is 1. The quantitative estimate of drug-likeness (QED) is 0.636. The van der Waals surface area contributed by atoms with Gasteiger partial charge in [-0.1, -0.05) is 12.8 Å². The SMILES string of the molecule is COCCCCCNC1CCCCC1CNC(=O)OC(C)(C)C. The van der Waals surface area contributed by atoms with E-state index in [0.717, 1.165) is 19.6 Å². The van der Waals surface area contributed by atoms with Gasteiger partial charge in [-0.3, -0.25) is 0 Å². The molecule has 1 fully saturated rings. The van der Waals surface area contributed by atoms with E-state index in [2.05, 4.69) is 10.6 Å². The van der Waals surface area contributed by atoms with Gasteiger partial charge in [0, 0.05) is 26.3 Å². The molecule has 1 saturated carbocycles. The summed E-state index contributed by atoms with van der Waals surface area (Å²) >= 11 is 0. The number of methoxy groups -OCH3 is 1. The van der Waals surface area contributed by atoms with Gasteiger partial charge in [-0.2, -0.15) is 0 Å². The number of carbonyl (C=O) groups excluding carboxylic acids is 1. The van der Waals surface area contributed by atoms with Gasteiger partial charge in [0.15, 0.2) is 0 Å². The summed E-state index contributed by atoms with van der Waals surface area (Å²) < 4.78 is 10.4. The molecule has 5 heteroatoms. The highest BCUT2D eigenvalue weighted by Crippen LogP contribution is 2.24. The lowest BCUT2D eigenvalue weighted by Crippen LogP contribution is -2.45. The summed E-state index contributed by atoms with van der Waals surface area (Å²) in [4.78, 5) is 11.8. The average molecular weight is 328 g/mol. The van der Waals surface area contributed by atoms with Gasteiger partial charge in [-0.05, 0) is 65.3 Å². The Hall–Kier alpha value is -0.810. The van der Waals surface area contributed by atoms with Gasteiger partial charge < -0.3 is 20.1 Å². The molecule has 0 spiro atoms. The van der Waals surface area contributed by atoms with Crippen LogP contribution in [0.4, 0.5) is 4.79 Å². The normalized spacial score (nSPS) is 21.9. The Bertz CT molecular complexity index is 329. The molecule has 0 aromatic rings. The van der Waals surface area contributed by atoms with E-state index in [1.54, 1.807) is 7.11 Å². The molecule has 0 aliphatic heterocycles. The van der Waals surface area contributed by atoms with Crippen LogP contribution in [-0.2, 0) is 9.47 Å². The molecule has 1 amide bonds. The number of nitrogens with one attached hydrogen (secondary N) is 2. The maximum atomic E-state index is 11.8. The maximum absolute atomic E-state index is 11.8. The van der Waals surface area contributed by atoms with E-state index in [1.165, 1.54) is 38.5 Å². The number of amides is 1. The zero-order valence-electron chi connectivity index (χ0n) is 15.5. The van der Waals surface area contributed by atoms with Crippen LogP contribution in [0.3, 0.4) is 0 Å². The van der Waals surface area contributed by atoms with Crippen LogP contribution in [0.2, 0.25) is 0 Å². The Balaban J connectivity index is 2.24. The molecule has 0 bridgehead atoms. The van der Waals surface area contributed by atoms with Crippen molar-refractivity contribution in [3.63, 3.8) is 0 Å². The first-order chi connectivity index (χ1) is 10.9. The summed E-state index contributed by atoms with van der Waals surface area (Å²) in [7, 11) is 1.75. The van der Waals surface area contributed by atoms with Crippen molar-refractivity contribution in [1.82, 2.24) is 10.6 Å². The van der Waals surface area contributed by atoms with Gasteiger partial charge in [0.25, 0.3) is 0 Å². The second-order valence-corrected chi connectivity index (χ2v) is 7.54. The van der Waals surface area contributed by atoms with Gasteiger partial charge >= 0.3 is 6.09 Å². The van der Waals surface area contributed by atoms with E-state index in [-0.39, 0.29) is 6.09 Å². The van der Waals surface area contributed by atoms with E-state index < -0.39 is 5.60 Å². The molecule has 5 nitrogen and oxygen atoms in total. The predicted octanol–water partition coefficient (Wildman–Crippen LogP) is 3.48. The molecule has 0 saturated heterocycles. The van der Waals surface area contributed by atoms with Crippen LogP contribution in [-0.4, -0.2) is 44.5 Å². The number of carbonyl (C=O) groups is 1. The predicted molar refractivity (Wildman–Crippen MR) is 93.7 cm³/mol. The van der Waals surface area contributed by atoms with Crippen molar-refractivity contribution < 1.29 is 14.3 Å². The fourth-order valence-electron chi connectivity index (χ4n) is 3.08. The molecule has 2 N–H and O–H groups in total. The molecule has 1 aliphatic rings. The highest BCUT2D eigenvalue weighted by Gasteiger charge is 2.25. The van der Waals surface area contributed by atoms with Crippen molar-refractivity contribution in [2.45, 2.75) is 77.4 Å². The molecular formula is C18H36N2O3. The Labute approximate surface area is 141 Å². The van der Waals surface area contributed by atoms with Crippen LogP contribution in [0, 0.1) is 5.92 Å². The fourth-order valence-corrected chi connectivity index (χ4v) is 3.08. The molecular weight excluding hydrogens is 292 g/mol. The van der Waals surface area contributed by atoms with E-state index >= 15 is 0 Å². The van der Waals surface area contributed by atoms with E-state index in [0.29, 0.717) is 18.5 Å². The zero-order chi connectivity index (χ0) is 17.1. The van der Waals surface area contributed by atoms with Crippen molar-refractivity contribution in [3.8, 4) is 0 Å². The Kier molecular flexibility index (Phi) is 9.56. The molecule has 2 unspecified atom stereocenters. The first-order valence-corrected chi connectivity index (χ1v) is 9.11. The zero-order valence-corrected chi connectivity index (χ0v) is 15.5. The van der Waals surface area contributed by atoms with Crippen LogP contribution in [0.5, 0.6) is 0 Å². The third-order valence-electron chi connectivity index (χ3n) is 4.25. The minimum atomic E-state index is -0.434. The van der Waals surface area contributed by atoms with Crippen LogP contribution in [0.1, 0.15) is 65.7 Å². The van der Waals surface area contributed by atoms with Crippen LogP contribution in [0.15, 0.2) is 0 Å². The van der Waals surface area contributed by atoms with Crippen molar-refractivity contribution in [2.24, 2.45) is 5.92 Å². The molecule has 136 valence electrons. The lowest BCUT2D eigenvalue weighted by atomic mass is 9.84. The van der Waals surface area contributed by atoms with Gasteiger partial charge in [0.1, 0.15) is 5.60 Å². The van der Waals surface area contributed by atoms with Gasteiger partial charge in [0.05, 0.1) is 0 Å². The Morgan fingerprint density at radius 1 is 1.13 bits per heavy atom. The molecule has 0 heterocycles. The fraction of sp³-hybridized carbons (Fsp3) is 0.944. The molecule has 0 aromatic heterocycles. The van der Waals surface area contributed by atoms with Gasteiger partial charge in [-0.15, -0.1) is 0 Å². The Morgan fingerprint density at radius 2 is 1.87 bits per heavy atom. The van der Waals surface area contributed by atoms with Crippen LogP contribution < -0.4 is 10.6 Å². The summed E-state index contributed by atoms with van der Waals surface area (Å²) in [5.41, 5.74) is -0.434. The number of rotatable bonds is 9. The lowest BCUT2D eigenvalue weighted by molar-refractivity contribution is 0.0510. The van der Waals surface area contributed by atoms with Gasteiger partial charge in [-0.25, -0.2) is 4.79 Å².